The number of nitrogens with zero attached hydrogens (tertiary/aromatic N) is 1. The normalized spacial score (nSPS) is 12.1. The molecule has 0 radical (unpaired) electrons. The number of hydrogen-bond donors (Lipinski definition) is 1. The molecule has 2 aromatic rings. The van der Waals surface area contributed by atoms with Gasteiger partial charge in [0.25, 0.3) is 0 Å². The molecule has 0 saturated carbocycles. The van der Waals surface area contributed by atoms with Gasteiger partial charge in [0.05, 0.1) is 6.04 Å². The highest BCUT2D eigenvalue weighted by molar-refractivity contribution is 7.09. The zero-order valence-electron chi connectivity index (χ0n) is 11.0. The summed E-state index contributed by atoms with van der Waals surface area (Å²) in [4.78, 5) is 4.30. The van der Waals surface area contributed by atoms with Gasteiger partial charge in [-0.05, 0) is 24.6 Å². The molecule has 0 aliphatic carbocycles. The van der Waals surface area contributed by atoms with Crippen molar-refractivity contribution in [2.45, 2.75) is 19.5 Å². The fourth-order valence-corrected chi connectivity index (χ4v) is 2.34. The van der Waals surface area contributed by atoms with Gasteiger partial charge in [-0.3, -0.25) is 0 Å². The lowest BCUT2D eigenvalue weighted by atomic mass is 10.2. The molecule has 0 amide bonds. The maximum absolute atomic E-state index is 5.45. The predicted molar refractivity (Wildman–Crippen MR) is 79.5 cm³/mol. The fourth-order valence-electron chi connectivity index (χ4n) is 1.67. The SMILES string of the molecule is C=CCOc1ccc(CNC(C)c2nccs2)cc1. The lowest BCUT2D eigenvalue weighted by Crippen LogP contribution is -2.17. The topological polar surface area (TPSA) is 34.1 Å². The van der Waals surface area contributed by atoms with E-state index in [-0.39, 0.29) is 6.04 Å². The van der Waals surface area contributed by atoms with Crippen LogP contribution in [0.1, 0.15) is 23.5 Å². The molecule has 0 bridgehead atoms. The maximum atomic E-state index is 5.45. The van der Waals surface area contributed by atoms with Crippen LogP contribution >= 0.6 is 11.3 Å². The van der Waals surface area contributed by atoms with E-state index in [2.05, 4.69) is 35.9 Å². The quantitative estimate of drug-likeness (QED) is 0.784. The van der Waals surface area contributed by atoms with Crippen molar-refractivity contribution in [1.29, 1.82) is 0 Å². The molecule has 19 heavy (non-hydrogen) atoms. The molecule has 1 aromatic carbocycles. The first kappa shape index (κ1) is 13.8. The molecule has 1 unspecified atom stereocenters. The summed E-state index contributed by atoms with van der Waals surface area (Å²) in [6.45, 7) is 7.11. The van der Waals surface area contributed by atoms with Crippen molar-refractivity contribution >= 4 is 11.3 Å². The van der Waals surface area contributed by atoms with Crippen molar-refractivity contribution in [3.8, 4) is 5.75 Å². The lowest BCUT2D eigenvalue weighted by Gasteiger charge is -2.11. The van der Waals surface area contributed by atoms with Crippen molar-refractivity contribution in [3.63, 3.8) is 0 Å². The standard InChI is InChI=1S/C15H18N2OS/c1-3-9-18-14-6-4-13(5-7-14)11-17-12(2)15-16-8-10-19-15/h3-8,10,12,17H,1,9,11H2,2H3. The Bertz CT molecular complexity index is 493. The van der Waals surface area contributed by atoms with E-state index in [9.17, 15) is 0 Å². The Hall–Kier alpha value is -1.65. The number of rotatable bonds is 7. The summed E-state index contributed by atoms with van der Waals surface area (Å²) in [5.41, 5.74) is 1.23. The number of nitrogens with one attached hydrogen (secondary N) is 1. The molecule has 0 spiro atoms. The molecule has 4 heteroatoms. The van der Waals surface area contributed by atoms with Gasteiger partial charge in [0, 0.05) is 18.1 Å². The van der Waals surface area contributed by atoms with E-state index >= 15 is 0 Å². The minimum atomic E-state index is 0.275. The largest absolute Gasteiger partial charge is 0.490 e. The van der Waals surface area contributed by atoms with Crippen LogP contribution in [-0.4, -0.2) is 11.6 Å². The van der Waals surface area contributed by atoms with E-state index in [0.29, 0.717) is 6.61 Å². The van der Waals surface area contributed by atoms with E-state index in [0.717, 1.165) is 17.3 Å². The lowest BCUT2D eigenvalue weighted by molar-refractivity contribution is 0.363. The zero-order chi connectivity index (χ0) is 13.5. The van der Waals surface area contributed by atoms with Crippen LogP contribution in [-0.2, 0) is 6.54 Å². The van der Waals surface area contributed by atoms with Crippen molar-refractivity contribution in [2.24, 2.45) is 0 Å². The van der Waals surface area contributed by atoms with Gasteiger partial charge in [0.2, 0.25) is 0 Å². The second kappa shape index (κ2) is 7.07. The summed E-state index contributed by atoms with van der Waals surface area (Å²) in [6.07, 6.45) is 3.58. The molecule has 0 saturated heterocycles. The molecule has 1 aromatic heterocycles. The van der Waals surface area contributed by atoms with Gasteiger partial charge >= 0.3 is 0 Å². The third-order valence-electron chi connectivity index (χ3n) is 2.73. The van der Waals surface area contributed by atoms with Gasteiger partial charge < -0.3 is 10.1 Å². The van der Waals surface area contributed by atoms with E-state index in [4.69, 9.17) is 4.74 Å². The predicted octanol–water partition coefficient (Wildman–Crippen LogP) is 3.56. The van der Waals surface area contributed by atoms with Crippen LogP contribution in [0.25, 0.3) is 0 Å². The first-order valence-electron chi connectivity index (χ1n) is 6.25. The highest BCUT2D eigenvalue weighted by Crippen LogP contribution is 2.16. The molecule has 3 nitrogen and oxygen atoms in total. The highest BCUT2D eigenvalue weighted by Gasteiger charge is 2.06. The summed E-state index contributed by atoms with van der Waals surface area (Å²) >= 11 is 1.67. The second-order valence-corrected chi connectivity index (χ2v) is 5.14. The smallest absolute Gasteiger partial charge is 0.119 e. The van der Waals surface area contributed by atoms with Crippen LogP contribution in [0.5, 0.6) is 5.75 Å². The van der Waals surface area contributed by atoms with E-state index in [1.807, 2.05) is 23.7 Å². The first-order chi connectivity index (χ1) is 9.29. The first-order valence-corrected chi connectivity index (χ1v) is 7.13. The van der Waals surface area contributed by atoms with E-state index in [1.165, 1.54) is 5.56 Å². The summed E-state index contributed by atoms with van der Waals surface area (Å²) in [5.74, 6) is 0.872. The molecule has 0 aliphatic heterocycles. The molecule has 1 atom stereocenters. The summed E-state index contributed by atoms with van der Waals surface area (Å²) < 4.78 is 5.45. The molecule has 0 aliphatic rings. The second-order valence-electron chi connectivity index (χ2n) is 4.22. The van der Waals surface area contributed by atoms with Crippen LogP contribution in [0.2, 0.25) is 0 Å². The zero-order valence-corrected chi connectivity index (χ0v) is 11.8. The summed E-state index contributed by atoms with van der Waals surface area (Å²) in [5, 5.41) is 6.57. The van der Waals surface area contributed by atoms with Crippen LogP contribution in [0.15, 0.2) is 48.5 Å². The van der Waals surface area contributed by atoms with Gasteiger partial charge in [0.1, 0.15) is 17.4 Å². The minimum Gasteiger partial charge on any atom is -0.490 e. The van der Waals surface area contributed by atoms with Crippen molar-refractivity contribution in [2.75, 3.05) is 6.61 Å². The molecule has 0 fully saturated rings. The van der Waals surface area contributed by atoms with Gasteiger partial charge in [-0.1, -0.05) is 24.8 Å². The monoisotopic (exact) mass is 274 g/mol. The molecular weight excluding hydrogens is 256 g/mol. The fraction of sp³-hybridized carbons (Fsp3) is 0.267. The molecule has 1 heterocycles. The van der Waals surface area contributed by atoms with E-state index in [1.54, 1.807) is 17.4 Å². The molecule has 2 rings (SSSR count). The van der Waals surface area contributed by atoms with Crippen molar-refractivity contribution < 1.29 is 4.74 Å². The van der Waals surface area contributed by atoms with Crippen molar-refractivity contribution in [1.82, 2.24) is 10.3 Å². The Labute approximate surface area is 118 Å². The van der Waals surface area contributed by atoms with Gasteiger partial charge in [-0.15, -0.1) is 11.3 Å². The number of thiazole rings is 1. The van der Waals surface area contributed by atoms with Gasteiger partial charge in [-0.2, -0.15) is 0 Å². The average molecular weight is 274 g/mol. The Balaban J connectivity index is 1.84. The number of benzene rings is 1. The third kappa shape index (κ3) is 4.19. The Morgan fingerprint density at radius 2 is 2.21 bits per heavy atom. The van der Waals surface area contributed by atoms with Crippen molar-refractivity contribution in [3.05, 3.63) is 59.1 Å². The summed E-state index contributed by atoms with van der Waals surface area (Å²) in [6, 6.07) is 8.38. The van der Waals surface area contributed by atoms with Crippen LogP contribution in [0.4, 0.5) is 0 Å². The van der Waals surface area contributed by atoms with Crippen LogP contribution in [0.3, 0.4) is 0 Å². The maximum Gasteiger partial charge on any atom is 0.119 e. The van der Waals surface area contributed by atoms with Crippen LogP contribution < -0.4 is 10.1 Å². The van der Waals surface area contributed by atoms with E-state index < -0.39 is 0 Å². The summed E-state index contributed by atoms with van der Waals surface area (Å²) in [7, 11) is 0. The highest BCUT2D eigenvalue weighted by atomic mass is 32.1. The number of ether oxygens (including phenoxy) is 1. The number of hydrogen-bond acceptors (Lipinski definition) is 4. The van der Waals surface area contributed by atoms with Crippen LogP contribution in [0, 0.1) is 0 Å². The number of aromatic nitrogens is 1. The van der Waals surface area contributed by atoms with Gasteiger partial charge in [0.15, 0.2) is 0 Å². The molecule has 1 N–H and O–H groups in total. The Morgan fingerprint density at radius 3 is 2.84 bits per heavy atom. The molecule has 100 valence electrons. The van der Waals surface area contributed by atoms with Gasteiger partial charge in [-0.25, -0.2) is 4.98 Å². The third-order valence-corrected chi connectivity index (χ3v) is 3.68. The minimum absolute atomic E-state index is 0.275. The Kier molecular flexibility index (Phi) is 5.12. The molecular formula is C15H18N2OS. The Morgan fingerprint density at radius 1 is 1.42 bits per heavy atom. The average Bonchev–Trinajstić information content (AvgIpc) is 2.98.